The van der Waals surface area contributed by atoms with Crippen molar-refractivity contribution in [3.63, 3.8) is 0 Å². The Bertz CT molecular complexity index is 618. The van der Waals surface area contributed by atoms with Gasteiger partial charge in [-0.2, -0.15) is 0 Å². The maximum absolute atomic E-state index is 11.7. The number of hydrogen-bond donors (Lipinski definition) is 0. The summed E-state index contributed by atoms with van der Waals surface area (Å²) in [4.78, 5) is 34.5. The molecule has 1 saturated heterocycles. The Morgan fingerprint density at radius 1 is 0.963 bits per heavy atom. The molecule has 3 aliphatic rings. The maximum Gasteiger partial charge on any atom is 0.303 e. The molecule has 7 nitrogen and oxygen atoms in total. The first-order chi connectivity index (χ1) is 12.9. The highest BCUT2D eigenvalue weighted by atomic mass is 16.6. The topological polar surface area (TPSA) is 88.1 Å². The van der Waals surface area contributed by atoms with Gasteiger partial charge in [0.2, 0.25) is 0 Å². The van der Waals surface area contributed by atoms with Crippen LogP contribution in [-0.2, 0) is 33.3 Å². The molecule has 1 aliphatic heterocycles. The average molecular weight is 380 g/mol. The molecule has 3 fully saturated rings. The number of carbonyl (C=O) groups excluding carboxylic acids is 3. The zero-order chi connectivity index (χ0) is 19.6. The fraction of sp³-hybridized carbons (Fsp3) is 0.750. The Hall–Kier alpha value is -1.89. The van der Waals surface area contributed by atoms with E-state index in [1.807, 2.05) is 0 Å². The van der Waals surface area contributed by atoms with Crippen LogP contribution in [0.1, 0.15) is 52.9 Å². The highest BCUT2D eigenvalue weighted by molar-refractivity contribution is 5.68. The van der Waals surface area contributed by atoms with Gasteiger partial charge in [0.15, 0.2) is 6.10 Å². The zero-order valence-electron chi connectivity index (χ0n) is 16.1. The molecule has 0 unspecified atom stereocenters. The second kappa shape index (κ2) is 8.42. The van der Waals surface area contributed by atoms with Gasteiger partial charge in [-0.25, -0.2) is 0 Å². The van der Waals surface area contributed by atoms with Crippen molar-refractivity contribution < 1.29 is 33.3 Å². The smallest absolute Gasteiger partial charge is 0.303 e. The van der Waals surface area contributed by atoms with Gasteiger partial charge in [-0.15, -0.1) is 0 Å². The van der Waals surface area contributed by atoms with Crippen LogP contribution in [-0.4, -0.2) is 48.9 Å². The maximum atomic E-state index is 11.7. The Morgan fingerprint density at radius 3 is 2.19 bits per heavy atom. The van der Waals surface area contributed by atoms with Crippen molar-refractivity contribution in [1.82, 2.24) is 0 Å². The molecule has 0 aromatic carbocycles. The van der Waals surface area contributed by atoms with Crippen LogP contribution >= 0.6 is 0 Å². The van der Waals surface area contributed by atoms with Crippen molar-refractivity contribution in [1.29, 1.82) is 0 Å². The fourth-order valence-corrected chi connectivity index (χ4v) is 4.28. The first-order valence-electron chi connectivity index (χ1n) is 9.69. The van der Waals surface area contributed by atoms with E-state index in [2.05, 4.69) is 6.08 Å². The summed E-state index contributed by atoms with van der Waals surface area (Å²) in [6, 6.07) is 0. The Balaban J connectivity index is 1.80. The van der Waals surface area contributed by atoms with Crippen LogP contribution < -0.4 is 0 Å². The summed E-state index contributed by atoms with van der Waals surface area (Å²) >= 11 is 0. The molecule has 6 atom stereocenters. The third-order valence-electron chi connectivity index (χ3n) is 5.44. The number of ether oxygens (including phenoxy) is 4. The molecule has 0 aromatic rings. The van der Waals surface area contributed by atoms with Crippen LogP contribution in [0.2, 0.25) is 0 Å². The van der Waals surface area contributed by atoms with Crippen molar-refractivity contribution in [3.05, 3.63) is 11.6 Å². The molecule has 3 rings (SSSR count). The monoisotopic (exact) mass is 380 g/mol. The van der Waals surface area contributed by atoms with E-state index in [9.17, 15) is 14.4 Å². The molecule has 0 aromatic heterocycles. The molecular formula is C20H28O7. The van der Waals surface area contributed by atoms with Crippen LogP contribution in [0.15, 0.2) is 11.6 Å². The van der Waals surface area contributed by atoms with E-state index in [0.29, 0.717) is 0 Å². The van der Waals surface area contributed by atoms with Crippen molar-refractivity contribution in [3.8, 4) is 0 Å². The lowest BCUT2D eigenvalue weighted by Gasteiger charge is -2.35. The van der Waals surface area contributed by atoms with Gasteiger partial charge in [0.25, 0.3) is 0 Å². The molecule has 27 heavy (non-hydrogen) atoms. The van der Waals surface area contributed by atoms with E-state index in [4.69, 9.17) is 18.9 Å². The third kappa shape index (κ3) is 4.89. The van der Waals surface area contributed by atoms with Gasteiger partial charge in [-0.1, -0.05) is 18.1 Å². The second-order valence-corrected chi connectivity index (χ2v) is 7.63. The van der Waals surface area contributed by atoms with Gasteiger partial charge in [0, 0.05) is 32.6 Å². The summed E-state index contributed by atoms with van der Waals surface area (Å²) in [5, 5.41) is 0. The summed E-state index contributed by atoms with van der Waals surface area (Å²) < 4.78 is 22.2. The predicted octanol–water partition coefficient (Wildman–Crippen LogP) is 2.32. The Kier molecular flexibility index (Phi) is 6.19. The lowest BCUT2D eigenvalue weighted by molar-refractivity contribution is -0.202. The van der Waals surface area contributed by atoms with E-state index in [-0.39, 0.29) is 24.5 Å². The van der Waals surface area contributed by atoms with E-state index in [1.165, 1.54) is 45.6 Å². The first-order valence-corrected chi connectivity index (χ1v) is 9.69. The van der Waals surface area contributed by atoms with Crippen molar-refractivity contribution in [2.75, 3.05) is 6.61 Å². The number of carbonyl (C=O) groups is 3. The van der Waals surface area contributed by atoms with Gasteiger partial charge in [0.05, 0.1) is 6.10 Å². The second-order valence-electron chi connectivity index (χ2n) is 7.63. The zero-order valence-corrected chi connectivity index (χ0v) is 16.1. The minimum absolute atomic E-state index is 0.0405. The van der Waals surface area contributed by atoms with Gasteiger partial charge >= 0.3 is 17.9 Å². The van der Waals surface area contributed by atoms with Crippen molar-refractivity contribution in [2.24, 2.45) is 11.8 Å². The van der Waals surface area contributed by atoms with Crippen LogP contribution in [0.25, 0.3) is 0 Å². The molecule has 0 radical (unpaired) electrons. The summed E-state index contributed by atoms with van der Waals surface area (Å²) in [6.45, 7) is 3.91. The van der Waals surface area contributed by atoms with E-state index < -0.39 is 36.2 Å². The number of esters is 3. The van der Waals surface area contributed by atoms with E-state index >= 15 is 0 Å². The van der Waals surface area contributed by atoms with Crippen molar-refractivity contribution >= 4 is 17.9 Å². The van der Waals surface area contributed by atoms with Crippen LogP contribution in [0, 0.1) is 11.8 Å². The highest BCUT2D eigenvalue weighted by Crippen LogP contribution is 2.53. The SMILES string of the molecule is CC(=O)OC[C@H]1O[C@@H]2[C@H](C=C3CCCCC3)[C@@H]2[C@@H](OC(C)=O)[C@H]1OC(C)=O. The molecule has 0 N–H and O–H groups in total. The minimum atomic E-state index is -0.790. The summed E-state index contributed by atoms with van der Waals surface area (Å²) in [5.74, 6) is -1.28. The lowest BCUT2D eigenvalue weighted by Crippen LogP contribution is -2.51. The molecule has 0 amide bonds. The van der Waals surface area contributed by atoms with Gasteiger partial charge in [-0.3, -0.25) is 14.4 Å². The Labute approximate surface area is 159 Å². The van der Waals surface area contributed by atoms with Gasteiger partial charge in [0.1, 0.15) is 18.8 Å². The molecule has 2 saturated carbocycles. The summed E-state index contributed by atoms with van der Waals surface area (Å²) in [6.07, 6.45) is 5.95. The number of hydrogen-bond acceptors (Lipinski definition) is 7. The van der Waals surface area contributed by atoms with Crippen LogP contribution in [0.4, 0.5) is 0 Å². The van der Waals surface area contributed by atoms with Crippen LogP contribution in [0.5, 0.6) is 0 Å². The number of rotatable bonds is 5. The standard InChI is InChI=1S/C20H28O7/c1-11(21)24-10-16-19(25-12(2)22)20(26-13(3)23)17-15(18(17)27-16)9-14-7-5-4-6-8-14/h9,15-20H,4-8,10H2,1-3H3/t15-,16-,17+,18-,19+,20-/m1/s1. The molecule has 7 heteroatoms. The highest BCUT2D eigenvalue weighted by Gasteiger charge is 2.64. The molecule has 150 valence electrons. The van der Waals surface area contributed by atoms with Crippen molar-refractivity contribution in [2.45, 2.75) is 77.3 Å². The molecule has 1 heterocycles. The Morgan fingerprint density at radius 2 is 1.59 bits per heavy atom. The van der Waals surface area contributed by atoms with Crippen LogP contribution in [0.3, 0.4) is 0 Å². The van der Waals surface area contributed by atoms with Gasteiger partial charge in [-0.05, 0) is 25.7 Å². The summed E-state index contributed by atoms with van der Waals surface area (Å²) in [5.41, 5.74) is 1.42. The number of allylic oxidation sites excluding steroid dienone is 1. The van der Waals surface area contributed by atoms with E-state index in [1.54, 1.807) is 0 Å². The molecule has 2 aliphatic carbocycles. The van der Waals surface area contributed by atoms with E-state index in [0.717, 1.165) is 12.8 Å². The van der Waals surface area contributed by atoms with Gasteiger partial charge < -0.3 is 18.9 Å². The third-order valence-corrected chi connectivity index (χ3v) is 5.44. The molecular weight excluding hydrogens is 352 g/mol. The minimum Gasteiger partial charge on any atom is -0.463 e. The number of fused-ring (bicyclic) bond motifs is 1. The quantitative estimate of drug-likeness (QED) is 0.411. The molecule has 0 bridgehead atoms. The normalized spacial score (nSPS) is 34.9. The average Bonchev–Trinajstić information content (AvgIpc) is 3.27. The lowest BCUT2D eigenvalue weighted by atomic mass is 9.93. The largest absolute Gasteiger partial charge is 0.463 e. The summed E-state index contributed by atoms with van der Waals surface area (Å²) in [7, 11) is 0. The predicted molar refractivity (Wildman–Crippen MR) is 94.6 cm³/mol. The first kappa shape index (κ1) is 19.9. The molecule has 0 spiro atoms. The fourth-order valence-electron chi connectivity index (χ4n) is 4.28.